The Bertz CT molecular complexity index is 416. The molecule has 0 amide bonds. The third-order valence-corrected chi connectivity index (χ3v) is 4.62. The molecule has 2 rings (SSSR count). The lowest BCUT2D eigenvalue weighted by atomic mass is 10.0. The molecule has 112 valence electrons. The summed E-state index contributed by atoms with van der Waals surface area (Å²) in [5.41, 5.74) is 7.40. The van der Waals surface area contributed by atoms with Gasteiger partial charge >= 0.3 is 0 Å². The van der Waals surface area contributed by atoms with Crippen LogP contribution in [-0.2, 0) is 0 Å². The number of nitrogens with two attached hydrogens (primary N) is 1. The maximum Gasteiger partial charge on any atom is 0.0409 e. The first kappa shape index (κ1) is 15.8. The van der Waals surface area contributed by atoms with Crippen LogP contribution in [0.2, 0.25) is 5.02 Å². The summed E-state index contributed by atoms with van der Waals surface area (Å²) in [6, 6.07) is 8.68. The number of hydrogen-bond acceptors (Lipinski definition) is 3. The molecule has 1 saturated heterocycles. The molecule has 1 aromatic carbocycles. The minimum Gasteiger partial charge on any atom is -0.324 e. The Kier molecular flexibility index (Phi) is 5.85. The van der Waals surface area contributed by atoms with Gasteiger partial charge in [-0.25, -0.2) is 0 Å². The van der Waals surface area contributed by atoms with Gasteiger partial charge in [0.2, 0.25) is 0 Å². The molecule has 0 spiro atoms. The highest BCUT2D eigenvalue weighted by Gasteiger charge is 2.20. The van der Waals surface area contributed by atoms with Gasteiger partial charge in [-0.2, -0.15) is 0 Å². The number of benzene rings is 1. The van der Waals surface area contributed by atoms with Gasteiger partial charge in [0.15, 0.2) is 0 Å². The lowest BCUT2D eigenvalue weighted by molar-refractivity contribution is 0.141. The number of nitrogens with zero attached hydrogens (tertiary/aromatic N) is 2. The van der Waals surface area contributed by atoms with Gasteiger partial charge in [-0.05, 0) is 70.7 Å². The molecule has 0 aliphatic carbocycles. The van der Waals surface area contributed by atoms with Gasteiger partial charge in [-0.3, -0.25) is 0 Å². The van der Waals surface area contributed by atoms with Crippen molar-refractivity contribution in [3.05, 3.63) is 34.9 Å². The van der Waals surface area contributed by atoms with Crippen LogP contribution in [0, 0.1) is 0 Å². The highest BCUT2D eigenvalue weighted by molar-refractivity contribution is 6.30. The molecule has 0 bridgehead atoms. The number of rotatable bonds is 5. The normalized spacial score (nSPS) is 19.4. The summed E-state index contributed by atoms with van der Waals surface area (Å²) in [4.78, 5) is 4.87. The molecule has 1 heterocycles. The predicted octanol–water partition coefficient (Wildman–Crippen LogP) is 2.76. The van der Waals surface area contributed by atoms with Crippen LogP contribution >= 0.6 is 11.6 Å². The smallest absolute Gasteiger partial charge is 0.0409 e. The second-order valence-corrected chi connectivity index (χ2v) is 6.40. The zero-order valence-electron chi connectivity index (χ0n) is 12.6. The van der Waals surface area contributed by atoms with Gasteiger partial charge in [-0.1, -0.05) is 23.7 Å². The van der Waals surface area contributed by atoms with Crippen molar-refractivity contribution in [1.82, 2.24) is 9.80 Å². The average Bonchev–Trinajstić information content (AvgIpc) is 2.45. The van der Waals surface area contributed by atoms with E-state index < -0.39 is 0 Å². The van der Waals surface area contributed by atoms with Crippen LogP contribution in [0.1, 0.15) is 30.9 Å². The highest BCUT2D eigenvalue weighted by Crippen LogP contribution is 2.20. The van der Waals surface area contributed by atoms with Gasteiger partial charge in [0.1, 0.15) is 0 Å². The Labute approximate surface area is 127 Å². The first-order valence-corrected chi connectivity index (χ1v) is 7.84. The van der Waals surface area contributed by atoms with Gasteiger partial charge < -0.3 is 15.5 Å². The van der Waals surface area contributed by atoms with Crippen molar-refractivity contribution < 1.29 is 0 Å². The van der Waals surface area contributed by atoms with Crippen molar-refractivity contribution >= 4 is 11.6 Å². The minimum atomic E-state index is 0.0717. The van der Waals surface area contributed by atoms with E-state index in [1.165, 1.54) is 25.9 Å². The summed E-state index contributed by atoms with van der Waals surface area (Å²) in [7, 11) is 4.42. The van der Waals surface area contributed by atoms with Crippen LogP contribution in [0.4, 0.5) is 0 Å². The van der Waals surface area contributed by atoms with E-state index in [1.807, 2.05) is 18.2 Å². The summed E-state index contributed by atoms with van der Waals surface area (Å²) < 4.78 is 0. The molecule has 0 radical (unpaired) electrons. The van der Waals surface area contributed by atoms with Gasteiger partial charge in [0.05, 0.1) is 0 Å². The molecule has 1 aliphatic heterocycles. The summed E-state index contributed by atoms with van der Waals surface area (Å²) in [6.45, 7) is 3.45. The number of hydrogen-bond donors (Lipinski definition) is 1. The summed E-state index contributed by atoms with van der Waals surface area (Å²) in [5, 5.41) is 0.765. The van der Waals surface area contributed by atoms with Crippen molar-refractivity contribution in [3.63, 3.8) is 0 Å². The topological polar surface area (TPSA) is 32.5 Å². The van der Waals surface area contributed by atoms with Crippen molar-refractivity contribution in [2.24, 2.45) is 5.73 Å². The fourth-order valence-corrected chi connectivity index (χ4v) is 3.06. The Morgan fingerprint density at radius 2 is 2.10 bits per heavy atom. The van der Waals surface area contributed by atoms with Gasteiger partial charge in [0.25, 0.3) is 0 Å². The van der Waals surface area contributed by atoms with Crippen molar-refractivity contribution in [3.8, 4) is 0 Å². The fraction of sp³-hybridized carbons (Fsp3) is 0.625. The van der Waals surface area contributed by atoms with E-state index >= 15 is 0 Å². The van der Waals surface area contributed by atoms with E-state index in [0.717, 1.165) is 23.6 Å². The molecular formula is C16H26ClN3. The minimum absolute atomic E-state index is 0.0717. The van der Waals surface area contributed by atoms with E-state index in [0.29, 0.717) is 6.04 Å². The van der Waals surface area contributed by atoms with Crippen LogP contribution < -0.4 is 5.73 Å². The Morgan fingerprint density at radius 1 is 1.40 bits per heavy atom. The third-order valence-electron chi connectivity index (χ3n) is 4.38. The molecular weight excluding hydrogens is 270 g/mol. The Morgan fingerprint density at radius 3 is 2.75 bits per heavy atom. The average molecular weight is 296 g/mol. The second-order valence-electron chi connectivity index (χ2n) is 5.97. The molecule has 2 N–H and O–H groups in total. The molecule has 1 unspecified atom stereocenters. The maximum atomic E-state index is 6.27. The zero-order chi connectivity index (χ0) is 14.5. The quantitative estimate of drug-likeness (QED) is 0.906. The molecule has 0 aromatic heterocycles. The largest absolute Gasteiger partial charge is 0.324 e. The zero-order valence-corrected chi connectivity index (χ0v) is 13.3. The number of halogens is 1. The van der Waals surface area contributed by atoms with E-state index in [2.05, 4.69) is 30.0 Å². The lowest BCUT2D eigenvalue weighted by Crippen LogP contribution is -2.42. The molecule has 1 aromatic rings. The molecule has 1 atom stereocenters. The van der Waals surface area contributed by atoms with Gasteiger partial charge in [0, 0.05) is 17.1 Å². The Hall–Kier alpha value is -0.610. The lowest BCUT2D eigenvalue weighted by Gasteiger charge is -2.35. The van der Waals surface area contributed by atoms with Crippen molar-refractivity contribution in [2.45, 2.75) is 31.3 Å². The van der Waals surface area contributed by atoms with E-state index in [4.69, 9.17) is 17.3 Å². The van der Waals surface area contributed by atoms with Gasteiger partial charge in [-0.15, -0.1) is 0 Å². The molecule has 4 heteroatoms. The first-order valence-electron chi connectivity index (χ1n) is 7.46. The Balaban J connectivity index is 1.79. The van der Waals surface area contributed by atoms with E-state index in [1.54, 1.807) is 0 Å². The molecule has 1 aliphatic rings. The number of likely N-dealkylation sites (tertiary alicyclic amines) is 1. The maximum absolute atomic E-state index is 6.27. The standard InChI is InChI=1S/C16H26ClN3/c1-19-9-6-15(7-10-19)20(2)11-8-16(18)13-4-3-5-14(17)12-13/h3-5,12,15-16H,6-11,18H2,1-2H3. The second kappa shape index (κ2) is 7.41. The third kappa shape index (κ3) is 4.45. The first-order chi connectivity index (χ1) is 9.56. The van der Waals surface area contributed by atoms with Crippen molar-refractivity contribution in [1.29, 1.82) is 0 Å². The van der Waals surface area contributed by atoms with Crippen LogP contribution in [0.25, 0.3) is 0 Å². The molecule has 0 saturated carbocycles. The van der Waals surface area contributed by atoms with Crippen LogP contribution in [0.15, 0.2) is 24.3 Å². The summed E-state index contributed by atoms with van der Waals surface area (Å²) in [5.74, 6) is 0. The van der Waals surface area contributed by atoms with E-state index in [9.17, 15) is 0 Å². The molecule has 3 nitrogen and oxygen atoms in total. The number of piperidine rings is 1. The van der Waals surface area contributed by atoms with Crippen molar-refractivity contribution in [2.75, 3.05) is 33.7 Å². The van der Waals surface area contributed by atoms with Crippen LogP contribution in [0.3, 0.4) is 0 Å². The van der Waals surface area contributed by atoms with Crippen LogP contribution in [0.5, 0.6) is 0 Å². The fourth-order valence-electron chi connectivity index (χ4n) is 2.86. The predicted molar refractivity (Wildman–Crippen MR) is 86.1 cm³/mol. The van der Waals surface area contributed by atoms with Crippen LogP contribution in [-0.4, -0.2) is 49.6 Å². The molecule has 20 heavy (non-hydrogen) atoms. The summed E-state index contributed by atoms with van der Waals surface area (Å²) >= 11 is 6.02. The highest BCUT2D eigenvalue weighted by atomic mass is 35.5. The van der Waals surface area contributed by atoms with E-state index in [-0.39, 0.29) is 6.04 Å². The summed E-state index contributed by atoms with van der Waals surface area (Å²) in [6.07, 6.45) is 3.50. The SMILES string of the molecule is CN1CCC(N(C)CCC(N)c2cccc(Cl)c2)CC1. The monoisotopic (exact) mass is 295 g/mol. The molecule has 1 fully saturated rings.